The Bertz CT molecular complexity index is 745. The number of rotatable bonds is 7. The quantitative estimate of drug-likeness (QED) is 0.544. The molecule has 0 bridgehead atoms. The fourth-order valence-electron chi connectivity index (χ4n) is 2.77. The second-order valence-electron chi connectivity index (χ2n) is 6.15. The Kier molecular flexibility index (Phi) is 7.44. The van der Waals surface area contributed by atoms with Crippen LogP contribution in [0, 0.1) is 0 Å². The molecule has 0 atom stereocenters. The summed E-state index contributed by atoms with van der Waals surface area (Å²) in [6.45, 7) is 6.05. The summed E-state index contributed by atoms with van der Waals surface area (Å²) < 4.78 is 10.7. The summed E-state index contributed by atoms with van der Waals surface area (Å²) in [5.41, 5.74) is 0.839. The molecule has 1 aliphatic rings. The zero-order valence-electron chi connectivity index (χ0n) is 15.4. The van der Waals surface area contributed by atoms with Crippen molar-refractivity contribution >= 4 is 17.6 Å². The van der Waals surface area contributed by atoms with Crippen molar-refractivity contribution in [1.29, 1.82) is 0 Å². The van der Waals surface area contributed by atoms with E-state index < -0.39 is 0 Å². The van der Waals surface area contributed by atoms with E-state index in [0.717, 1.165) is 50.9 Å². The van der Waals surface area contributed by atoms with E-state index in [1.807, 2.05) is 24.3 Å². The van der Waals surface area contributed by atoms with Gasteiger partial charge in [-0.3, -0.25) is 9.89 Å². The molecule has 1 fully saturated rings. The van der Waals surface area contributed by atoms with E-state index >= 15 is 0 Å². The minimum absolute atomic E-state index is 0.542. The number of hydrogen-bond donors (Lipinski definition) is 2. The topological polar surface area (TPSA) is 87.8 Å². The Labute approximate surface area is 163 Å². The van der Waals surface area contributed by atoms with Gasteiger partial charge >= 0.3 is 0 Å². The number of nitrogens with one attached hydrogen (secondary N) is 2. The fourth-order valence-corrected chi connectivity index (χ4v) is 2.96. The van der Waals surface area contributed by atoms with Crippen LogP contribution in [0.2, 0.25) is 5.02 Å². The van der Waals surface area contributed by atoms with Crippen LogP contribution in [0.4, 0.5) is 0 Å². The van der Waals surface area contributed by atoms with Gasteiger partial charge in [0.05, 0.1) is 13.2 Å². The smallest absolute Gasteiger partial charge is 0.228 e. The van der Waals surface area contributed by atoms with Crippen LogP contribution in [-0.2, 0) is 11.2 Å². The van der Waals surface area contributed by atoms with Crippen LogP contribution in [0.3, 0.4) is 0 Å². The van der Waals surface area contributed by atoms with E-state index in [9.17, 15) is 0 Å². The van der Waals surface area contributed by atoms with Crippen LogP contribution in [0.15, 0.2) is 33.8 Å². The molecular weight excluding hydrogens is 368 g/mol. The van der Waals surface area contributed by atoms with Crippen molar-refractivity contribution < 1.29 is 9.26 Å². The minimum Gasteiger partial charge on any atom is -0.379 e. The van der Waals surface area contributed by atoms with E-state index in [2.05, 4.69) is 30.7 Å². The van der Waals surface area contributed by atoms with Crippen LogP contribution in [0.5, 0.6) is 0 Å². The first kappa shape index (κ1) is 19.6. The maximum Gasteiger partial charge on any atom is 0.228 e. The van der Waals surface area contributed by atoms with Crippen molar-refractivity contribution in [2.45, 2.75) is 6.42 Å². The first-order valence-corrected chi connectivity index (χ1v) is 9.45. The van der Waals surface area contributed by atoms with Crippen LogP contribution in [0.1, 0.15) is 5.89 Å². The fraction of sp³-hybridized carbons (Fsp3) is 0.500. The number of benzene rings is 1. The summed E-state index contributed by atoms with van der Waals surface area (Å²) in [4.78, 5) is 11.0. The molecule has 0 unspecified atom stereocenters. The van der Waals surface area contributed by atoms with Gasteiger partial charge in [0.25, 0.3) is 0 Å². The number of aromatic nitrogens is 2. The lowest BCUT2D eigenvalue weighted by atomic mass is 10.2. The average molecular weight is 393 g/mol. The molecule has 1 aliphatic heterocycles. The summed E-state index contributed by atoms with van der Waals surface area (Å²) in [6.07, 6.45) is 0.609. The Morgan fingerprint density at radius 3 is 2.85 bits per heavy atom. The van der Waals surface area contributed by atoms with Gasteiger partial charge in [-0.1, -0.05) is 28.9 Å². The van der Waals surface area contributed by atoms with E-state index in [1.54, 1.807) is 7.05 Å². The molecule has 9 heteroatoms. The van der Waals surface area contributed by atoms with Gasteiger partial charge in [-0.05, 0) is 12.1 Å². The van der Waals surface area contributed by atoms with E-state index in [1.165, 1.54) is 0 Å². The lowest BCUT2D eigenvalue weighted by Gasteiger charge is -2.26. The average Bonchev–Trinajstić information content (AvgIpc) is 3.16. The monoisotopic (exact) mass is 392 g/mol. The lowest BCUT2D eigenvalue weighted by molar-refractivity contribution is 0.0389. The molecule has 2 N–H and O–H groups in total. The predicted octanol–water partition coefficient (Wildman–Crippen LogP) is 1.43. The molecule has 1 aromatic carbocycles. The van der Waals surface area contributed by atoms with Crippen molar-refractivity contribution in [2.24, 2.45) is 4.99 Å². The summed E-state index contributed by atoms with van der Waals surface area (Å²) in [5.74, 6) is 1.87. The minimum atomic E-state index is 0.542. The molecular formula is C18H25ClN6O2. The molecule has 27 heavy (non-hydrogen) atoms. The second kappa shape index (κ2) is 10.2. The molecule has 1 aromatic heterocycles. The number of aliphatic imine (C=N–C) groups is 1. The van der Waals surface area contributed by atoms with Gasteiger partial charge in [0.15, 0.2) is 5.96 Å². The zero-order chi connectivity index (χ0) is 18.9. The third-order valence-electron chi connectivity index (χ3n) is 4.23. The molecule has 0 saturated carbocycles. The largest absolute Gasteiger partial charge is 0.379 e. The molecule has 0 aliphatic carbocycles. The van der Waals surface area contributed by atoms with Crippen LogP contribution >= 0.6 is 11.6 Å². The van der Waals surface area contributed by atoms with Gasteiger partial charge in [0.2, 0.25) is 11.7 Å². The molecule has 1 saturated heterocycles. The van der Waals surface area contributed by atoms with E-state index in [4.69, 9.17) is 20.9 Å². The van der Waals surface area contributed by atoms with Crippen LogP contribution < -0.4 is 10.6 Å². The number of ether oxygens (including phenoxy) is 1. The number of guanidine groups is 1. The maximum atomic E-state index is 6.00. The van der Waals surface area contributed by atoms with Crippen molar-refractivity contribution in [3.63, 3.8) is 0 Å². The molecule has 0 amide bonds. The summed E-state index contributed by atoms with van der Waals surface area (Å²) >= 11 is 6.00. The van der Waals surface area contributed by atoms with Gasteiger partial charge in [-0.15, -0.1) is 0 Å². The first-order valence-electron chi connectivity index (χ1n) is 9.08. The highest BCUT2D eigenvalue weighted by atomic mass is 35.5. The SMILES string of the molecule is CN=C(NCCc1nc(-c2cccc(Cl)c2)no1)NCCN1CCOCC1. The van der Waals surface area contributed by atoms with Crippen molar-refractivity contribution in [3.8, 4) is 11.4 Å². The summed E-state index contributed by atoms with van der Waals surface area (Å²) in [7, 11) is 1.76. The number of nitrogens with zero attached hydrogens (tertiary/aromatic N) is 4. The highest BCUT2D eigenvalue weighted by Crippen LogP contribution is 2.19. The number of morpholine rings is 1. The molecule has 2 aromatic rings. The molecule has 2 heterocycles. The Hall–Kier alpha value is -2.16. The maximum absolute atomic E-state index is 6.00. The lowest BCUT2D eigenvalue weighted by Crippen LogP contribution is -2.44. The first-order chi connectivity index (χ1) is 13.2. The van der Waals surface area contributed by atoms with Crippen LogP contribution in [0.25, 0.3) is 11.4 Å². The third kappa shape index (κ3) is 6.20. The Balaban J connectivity index is 1.39. The number of hydrogen-bond acceptors (Lipinski definition) is 6. The molecule has 0 spiro atoms. The normalized spacial score (nSPS) is 15.7. The van der Waals surface area contributed by atoms with Gasteiger partial charge in [-0.25, -0.2) is 0 Å². The zero-order valence-corrected chi connectivity index (χ0v) is 16.2. The highest BCUT2D eigenvalue weighted by Gasteiger charge is 2.11. The van der Waals surface area contributed by atoms with Crippen molar-refractivity contribution in [1.82, 2.24) is 25.7 Å². The van der Waals surface area contributed by atoms with Gasteiger partial charge in [0.1, 0.15) is 0 Å². The van der Waals surface area contributed by atoms with E-state index in [0.29, 0.717) is 29.7 Å². The Morgan fingerprint density at radius 1 is 1.26 bits per heavy atom. The molecule has 146 valence electrons. The summed E-state index contributed by atoms with van der Waals surface area (Å²) in [6, 6.07) is 7.39. The molecule has 0 radical (unpaired) electrons. The van der Waals surface area contributed by atoms with E-state index in [-0.39, 0.29) is 0 Å². The van der Waals surface area contributed by atoms with Crippen molar-refractivity contribution in [2.75, 3.05) is 53.0 Å². The predicted molar refractivity (Wildman–Crippen MR) is 105 cm³/mol. The standard InChI is InChI=1S/C18H25ClN6O2/c1-20-18(22-7-8-25-9-11-26-12-10-25)21-6-5-16-23-17(24-27-16)14-3-2-4-15(19)13-14/h2-4,13H,5-12H2,1H3,(H2,20,21,22). The van der Waals surface area contributed by atoms with Gasteiger partial charge in [0, 0.05) is 56.8 Å². The van der Waals surface area contributed by atoms with Crippen molar-refractivity contribution in [3.05, 3.63) is 35.2 Å². The molecule has 8 nitrogen and oxygen atoms in total. The number of halogens is 1. The van der Waals surface area contributed by atoms with Gasteiger partial charge < -0.3 is 19.9 Å². The van der Waals surface area contributed by atoms with Gasteiger partial charge in [-0.2, -0.15) is 4.98 Å². The highest BCUT2D eigenvalue weighted by molar-refractivity contribution is 6.30. The summed E-state index contributed by atoms with van der Waals surface area (Å²) in [5, 5.41) is 11.2. The molecule has 3 rings (SSSR count). The Morgan fingerprint density at radius 2 is 2.07 bits per heavy atom. The third-order valence-corrected chi connectivity index (χ3v) is 4.47. The van der Waals surface area contributed by atoms with Crippen LogP contribution in [-0.4, -0.2) is 74.0 Å². The second-order valence-corrected chi connectivity index (χ2v) is 6.59.